The van der Waals surface area contributed by atoms with E-state index in [4.69, 9.17) is 5.73 Å². The number of nitrogens with two attached hydrogens (primary N) is 1. The summed E-state index contributed by atoms with van der Waals surface area (Å²) in [5.41, 5.74) is 6.45. The topological polar surface area (TPSA) is 46.2 Å². The van der Waals surface area contributed by atoms with Crippen LogP contribution in [0.5, 0.6) is 0 Å². The van der Waals surface area contributed by atoms with Crippen LogP contribution in [0.4, 0.5) is 0 Å². The molecule has 0 saturated heterocycles. The van der Waals surface area contributed by atoms with Crippen LogP contribution < -0.4 is 5.73 Å². The Morgan fingerprint density at radius 1 is 0.824 bits per heavy atom. The molecule has 0 aromatic rings. The maximum atomic E-state index is 9.62. The van der Waals surface area contributed by atoms with Crippen LogP contribution in [-0.4, -0.2) is 17.3 Å². The average Bonchev–Trinajstić information content (AvgIpc) is 2.30. The first kappa shape index (κ1) is 13.4. The molecule has 0 spiro atoms. The third-order valence-electron chi connectivity index (χ3n) is 5.57. The van der Waals surface area contributed by atoms with E-state index in [1.165, 1.54) is 38.5 Å². The summed E-state index contributed by atoms with van der Waals surface area (Å²) in [4.78, 5) is 0. The molecule has 2 heteroatoms. The second-order valence-electron chi connectivity index (χ2n) is 6.94. The molecule has 0 aromatic carbocycles. The van der Waals surface area contributed by atoms with Crippen molar-refractivity contribution in [2.45, 2.75) is 77.4 Å². The lowest BCUT2D eigenvalue weighted by molar-refractivity contribution is 0.0202. The highest BCUT2D eigenvalue weighted by Gasteiger charge is 2.39. The van der Waals surface area contributed by atoms with Gasteiger partial charge in [-0.25, -0.2) is 0 Å². The van der Waals surface area contributed by atoms with Crippen molar-refractivity contribution in [1.29, 1.82) is 0 Å². The molecule has 2 saturated carbocycles. The van der Waals surface area contributed by atoms with Gasteiger partial charge < -0.3 is 10.8 Å². The van der Waals surface area contributed by atoms with Crippen molar-refractivity contribution >= 4 is 0 Å². The Kier molecular flexibility index (Phi) is 4.14. The Morgan fingerprint density at radius 2 is 1.24 bits per heavy atom. The van der Waals surface area contributed by atoms with Crippen molar-refractivity contribution < 1.29 is 5.11 Å². The smallest absolute Gasteiger partial charge is 0.0540 e. The van der Waals surface area contributed by atoms with Crippen LogP contribution in [0.1, 0.15) is 65.2 Å². The van der Waals surface area contributed by atoms with E-state index in [0.29, 0.717) is 11.5 Å². The van der Waals surface area contributed by atoms with Gasteiger partial charge in [-0.3, -0.25) is 0 Å². The number of hydrogen-bond donors (Lipinski definition) is 2. The molecule has 17 heavy (non-hydrogen) atoms. The molecule has 2 aliphatic rings. The van der Waals surface area contributed by atoms with Gasteiger partial charge in [0.25, 0.3) is 0 Å². The highest BCUT2D eigenvalue weighted by molar-refractivity contribution is 4.90. The van der Waals surface area contributed by atoms with Crippen LogP contribution in [0.3, 0.4) is 0 Å². The van der Waals surface area contributed by atoms with E-state index in [0.717, 1.165) is 24.7 Å². The van der Waals surface area contributed by atoms with Crippen molar-refractivity contribution in [3.8, 4) is 0 Å². The highest BCUT2D eigenvalue weighted by Crippen LogP contribution is 2.48. The van der Waals surface area contributed by atoms with Gasteiger partial charge in [-0.1, -0.05) is 13.8 Å². The summed E-state index contributed by atoms with van der Waals surface area (Å²) in [5.74, 6) is 1.66. The van der Waals surface area contributed by atoms with E-state index >= 15 is 0 Å². The maximum Gasteiger partial charge on any atom is 0.0540 e. The fourth-order valence-electron chi connectivity index (χ4n) is 4.02. The molecule has 0 atom stereocenters. The normalized spacial score (nSPS) is 40.2. The fraction of sp³-hybridized carbons (Fsp3) is 1.00. The molecular weight excluding hydrogens is 210 g/mol. The molecule has 2 fully saturated rings. The molecule has 2 nitrogen and oxygen atoms in total. The summed E-state index contributed by atoms with van der Waals surface area (Å²) in [6.45, 7) is 4.91. The van der Waals surface area contributed by atoms with Gasteiger partial charge in [-0.2, -0.15) is 0 Å². The van der Waals surface area contributed by atoms with Crippen LogP contribution in [0.25, 0.3) is 0 Å². The van der Waals surface area contributed by atoms with Crippen molar-refractivity contribution in [1.82, 2.24) is 0 Å². The van der Waals surface area contributed by atoms with Crippen LogP contribution in [-0.2, 0) is 0 Å². The van der Waals surface area contributed by atoms with Crippen molar-refractivity contribution in [3.05, 3.63) is 0 Å². The zero-order valence-corrected chi connectivity index (χ0v) is 11.5. The van der Waals surface area contributed by atoms with Gasteiger partial charge in [0.1, 0.15) is 0 Å². The molecule has 0 unspecified atom stereocenters. The fourth-order valence-corrected chi connectivity index (χ4v) is 4.02. The van der Waals surface area contributed by atoms with Gasteiger partial charge in [0.15, 0.2) is 0 Å². The van der Waals surface area contributed by atoms with E-state index in [1.54, 1.807) is 0 Å². The number of aliphatic hydroxyl groups is 1. The standard InChI is InChI=1S/C15H29NO/c1-15(2,11-3-7-13(16)8-4-11)12-5-9-14(17)10-6-12/h11-14,17H,3-10,16H2,1-2H3. The SMILES string of the molecule is CC(C)(C1CCC(N)CC1)C1CCC(O)CC1. The zero-order chi connectivity index (χ0) is 12.5. The summed E-state index contributed by atoms with van der Waals surface area (Å²) < 4.78 is 0. The number of hydrogen-bond acceptors (Lipinski definition) is 2. The molecule has 0 aromatic heterocycles. The van der Waals surface area contributed by atoms with E-state index < -0.39 is 0 Å². The van der Waals surface area contributed by atoms with Crippen LogP contribution in [0, 0.1) is 17.3 Å². The Balaban J connectivity index is 1.93. The molecule has 2 aliphatic carbocycles. The Bertz CT molecular complexity index is 211. The summed E-state index contributed by atoms with van der Waals surface area (Å²) in [5, 5.41) is 9.62. The average molecular weight is 239 g/mol. The molecule has 3 N–H and O–H groups in total. The van der Waals surface area contributed by atoms with Gasteiger partial charge in [-0.15, -0.1) is 0 Å². The van der Waals surface area contributed by atoms with E-state index in [-0.39, 0.29) is 6.10 Å². The summed E-state index contributed by atoms with van der Waals surface area (Å²) in [6.07, 6.45) is 9.49. The first-order valence-corrected chi connectivity index (χ1v) is 7.43. The van der Waals surface area contributed by atoms with Gasteiger partial charge in [0, 0.05) is 6.04 Å². The van der Waals surface area contributed by atoms with Crippen molar-refractivity contribution in [3.63, 3.8) is 0 Å². The zero-order valence-electron chi connectivity index (χ0n) is 11.5. The quantitative estimate of drug-likeness (QED) is 0.778. The lowest BCUT2D eigenvalue weighted by Gasteiger charge is -2.46. The minimum atomic E-state index is -0.0261. The van der Waals surface area contributed by atoms with E-state index in [2.05, 4.69) is 13.8 Å². The first-order chi connectivity index (χ1) is 8.00. The maximum absolute atomic E-state index is 9.62. The predicted octanol–water partition coefficient (Wildman–Crippen LogP) is 3.08. The molecular formula is C15H29NO. The minimum Gasteiger partial charge on any atom is -0.393 e. The number of rotatable bonds is 2. The molecule has 0 heterocycles. The van der Waals surface area contributed by atoms with E-state index in [1.807, 2.05) is 0 Å². The lowest BCUT2D eigenvalue weighted by Crippen LogP contribution is -2.39. The van der Waals surface area contributed by atoms with Crippen LogP contribution in [0.2, 0.25) is 0 Å². The predicted molar refractivity (Wildman–Crippen MR) is 71.7 cm³/mol. The van der Waals surface area contributed by atoms with Crippen LogP contribution >= 0.6 is 0 Å². The third-order valence-corrected chi connectivity index (χ3v) is 5.57. The Hall–Kier alpha value is -0.0800. The first-order valence-electron chi connectivity index (χ1n) is 7.43. The monoisotopic (exact) mass is 239 g/mol. The summed E-state index contributed by atoms with van der Waals surface area (Å²) >= 11 is 0. The highest BCUT2D eigenvalue weighted by atomic mass is 16.3. The van der Waals surface area contributed by atoms with E-state index in [9.17, 15) is 5.11 Å². The molecule has 0 amide bonds. The van der Waals surface area contributed by atoms with Gasteiger partial charge in [-0.05, 0) is 68.6 Å². The largest absolute Gasteiger partial charge is 0.393 e. The lowest BCUT2D eigenvalue weighted by atomic mass is 9.60. The Labute approximate surface area is 106 Å². The van der Waals surface area contributed by atoms with Gasteiger partial charge in [0.2, 0.25) is 0 Å². The third kappa shape index (κ3) is 3.03. The molecule has 100 valence electrons. The van der Waals surface area contributed by atoms with Gasteiger partial charge >= 0.3 is 0 Å². The van der Waals surface area contributed by atoms with Crippen LogP contribution in [0.15, 0.2) is 0 Å². The van der Waals surface area contributed by atoms with Crippen molar-refractivity contribution in [2.24, 2.45) is 23.0 Å². The summed E-state index contributed by atoms with van der Waals surface area (Å²) in [7, 11) is 0. The number of aliphatic hydroxyl groups excluding tert-OH is 1. The molecule has 0 bridgehead atoms. The molecule has 2 rings (SSSR count). The van der Waals surface area contributed by atoms with Gasteiger partial charge in [0.05, 0.1) is 6.10 Å². The summed E-state index contributed by atoms with van der Waals surface area (Å²) in [6, 6.07) is 0.454. The Morgan fingerprint density at radius 3 is 1.71 bits per heavy atom. The van der Waals surface area contributed by atoms with Crippen molar-refractivity contribution in [2.75, 3.05) is 0 Å². The second-order valence-corrected chi connectivity index (χ2v) is 6.94. The minimum absolute atomic E-state index is 0.0261. The molecule has 0 radical (unpaired) electrons. The molecule has 0 aliphatic heterocycles. The second kappa shape index (κ2) is 5.27.